The van der Waals surface area contributed by atoms with E-state index in [4.69, 9.17) is 11.6 Å². The SMILES string of the molecule is CNC(C(=O)Nc1ccc(Cl)cc1CO)c1ccccc1. The number of hydrogen-bond donors (Lipinski definition) is 3. The molecule has 0 heterocycles. The highest BCUT2D eigenvalue weighted by atomic mass is 35.5. The van der Waals surface area contributed by atoms with Crippen LogP contribution < -0.4 is 10.6 Å². The Hall–Kier alpha value is -1.88. The number of anilines is 1. The molecule has 0 saturated heterocycles. The van der Waals surface area contributed by atoms with Gasteiger partial charge in [0.15, 0.2) is 0 Å². The van der Waals surface area contributed by atoms with Crippen molar-refractivity contribution < 1.29 is 9.90 Å². The van der Waals surface area contributed by atoms with E-state index in [1.807, 2.05) is 30.3 Å². The molecule has 1 atom stereocenters. The van der Waals surface area contributed by atoms with Crippen molar-refractivity contribution in [3.8, 4) is 0 Å². The minimum atomic E-state index is -0.464. The van der Waals surface area contributed by atoms with Crippen LogP contribution in [0.2, 0.25) is 5.02 Å². The Morgan fingerprint density at radius 3 is 2.57 bits per heavy atom. The third-order valence-electron chi connectivity index (χ3n) is 3.18. The molecule has 0 aliphatic rings. The van der Waals surface area contributed by atoms with E-state index in [-0.39, 0.29) is 12.5 Å². The van der Waals surface area contributed by atoms with E-state index in [2.05, 4.69) is 10.6 Å². The summed E-state index contributed by atoms with van der Waals surface area (Å²) >= 11 is 5.88. The van der Waals surface area contributed by atoms with Gasteiger partial charge in [0.05, 0.1) is 6.61 Å². The van der Waals surface area contributed by atoms with Crippen molar-refractivity contribution in [3.05, 3.63) is 64.7 Å². The highest BCUT2D eigenvalue weighted by molar-refractivity contribution is 6.30. The van der Waals surface area contributed by atoms with Gasteiger partial charge in [-0.05, 0) is 30.8 Å². The quantitative estimate of drug-likeness (QED) is 0.796. The van der Waals surface area contributed by atoms with Gasteiger partial charge in [0.1, 0.15) is 6.04 Å². The molecule has 0 aliphatic heterocycles. The predicted molar refractivity (Wildman–Crippen MR) is 84.2 cm³/mol. The minimum absolute atomic E-state index is 0.189. The van der Waals surface area contributed by atoms with Crippen molar-refractivity contribution in [1.29, 1.82) is 0 Å². The summed E-state index contributed by atoms with van der Waals surface area (Å²) in [6.45, 7) is -0.189. The fourth-order valence-corrected chi connectivity index (χ4v) is 2.31. The largest absolute Gasteiger partial charge is 0.392 e. The number of benzene rings is 2. The van der Waals surface area contributed by atoms with Crippen LogP contribution >= 0.6 is 11.6 Å². The van der Waals surface area contributed by atoms with E-state index in [9.17, 15) is 9.90 Å². The summed E-state index contributed by atoms with van der Waals surface area (Å²) in [5.41, 5.74) is 2.01. The molecule has 2 aromatic rings. The molecule has 0 radical (unpaired) electrons. The van der Waals surface area contributed by atoms with Crippen LogP contribution in [0.1, 0.15) is 17.2 Å². The molecule has 0 aromatic heterocycles. The van der Waals surface area contributed by atoms with E-state index in [1.165, 1.54) is 0 Å². The van der Waals surface area contributed by atoms with E-state index in [0.29, 0.717) is 16.3 Å². The van der Waals surface area contributed by atoms with E-state index in [0.717, 1.165) is 5.56 Å². The summed E-state index contributed by atoms with van der Waals surface area (Å²) < 4.78 is 0. The molecule has 5 heteroatoms. The summed E-state index contributed by atoms with van der Waals surface area (Å²) in [6, 6.07) is 14.0. The van der Waals surface area contributed by atoms with Gasteiger partial charge in [0, 0.05) is 16.3 Å². The smallest absolute Gasteiger partial charge is 0.246 e. The Kier molecular flexibility index (Phi) is 5.33. The van der Waals surface area contributed by atoms with Crippen molar-refractivity contribution in [2.75, 3.05) is 12.4 Å². The van der Waals surface area contributed by atoms with Crippen LogP contribution in [0.3, 0.4) is 0 Å². The van der Waals surface area contributed by atoms with E-state index >= 15 is 0 Å². The zero-order valence-corrected chi connectivity index (χ0v) is 12.4. The normalized spacial score (nSPS) is 12.0. The minimum Gasteiger partial charge on any atom is -0.392 e. The second-order valence-corrected chi connectivity index (χ2v) is 5.02. The van der Waals surface area contributed by atoms with Crippen molar-refractivity contribution in [3.63, 3.8) is 0 Å². The second kappa shape index (κ2) is 7.22. The molecular formula is C16H17ClN2O2. The molecule has 4 nitrogen and oxygen atoms in total. The zero-order chi connectivity index (χ0) is 15.2. The van der Waals surface area contributed by atoms with Crippen LogP contribution in [0.15, 0.2) is 48.5 Å². The van der Waals surface area contributed by atoms with Crippen molar-refractivity contribution in [2.24, 2.45) is 0 Å². The lowest BCUT2D eigenvalue weighted by molar-refractivity contribution is -0.118. The van der Waals surface area contributed by atoms with Gasteiger partial charge in [0.2, 0.25) is 5.91 Å². The summed E-state index contributed by atoms with van der Waals surface area (Å²) in [4.78, 5) is 12.4. The lowest BCUT2D eigenvalue weighted by atomic mass is 10.1. The van der Waals surface area contributed by atoms with Gasteiger partial charge in [-0.1, -0.05) is 41.9 Å². The standard InChI is InChI=1S/C16H17ClN2O2/c1-18-15(11-5-3-2-4-6-11)16(21)19-14-8-7-13(17)9-12(14)10-20/h2-9,15,18,20H,10H2,1H3,(H,19,21). The van der Waals surface area contributed by atoms with Crippen LogP contribution in [-0.4, -0.2) is 18.1 Å². The molecule has 21 heavy (non-hydrogen) atoms. The first-order valence-electron chi connectivity index (χ1n) is 6.58. The van der Waals surface area contributed by atoms with Gasteiger partial charge < -0.3 is 15.7 Å². The monoisotopic (exact) mass is 304 g/mol. The van der Waals surface area contributed by atoms with Gasteiger partial charge in [0.25, 0.3) is 0 Å². The average molecular weight is 305 g/mol. The van der Waals surface area contributed by atoms with Gasteiger partial charge in [-0.25, -0.2) is 0 Å². The topological polar surface area (TPSA) is 61.4 Å². The van der Waals surface area contributed by atoms with Crippen LogP contribution in [0, 0.1) is 0 Å². The molecule has 110 valence electrons. The number of aliphatic hydroxyl groups is 1. The highest BCUT2D eigenvalue weighted by Gasteiger charge is 2.19. The Labute approximate surface area is 128 Å². The summed E-state index contributed by atoms with van der Waals surface area (Å²) in [7, 11) is 1.73. The van der Waals surface area contributed by atoms with Crippen molar-refractivity contribution in [1.82, 2.24) is 5.32 Å². The van der Waals surface area contributed by atoms with Crippen LogP contribution in [0.4, 0.5) is 5.69 Å². The molecule has 0 spiro atoms. The Morgan fingerprint density at radius 2 is 1.95 bits per heavy atom. The number of hydrogen-bond acceptors (Lipinski definition) is 3. The molecule has 1 unspecified atom stereocenters. The number of likely N-dealkylation sites (N-methyl/N-ethyl adjacent to an activating group) is 1. The number of aliphatic hydroxyl groups excluding tert-OH is 1. The molecule has 2 aromatic carbocycles. The maximum atomic E-state index is 12.4. The molecule has 0 saturated carbocycles. The van der Waals surface area contributed by atoms with Crippen molar-refractivity contribution in [2.45, 2.75) is 12.6 Å². The maximum absolute atomic E-state index is 12.4. The average Bonchev–Trinajstić information content (AvgIpc) is 2.51. The maximum Gasteiger partial charge on any atom is 0.246 e. The predicted octanol–water partition coefficient (Wildman–Crippen LogP) is 2.73. The molecule has 0 fully saturated rings. The molecule has 2 rings (SSSR count). The Bertz CT molecular complexity index is 617. The summed E-state index contributed by atoms with van der Waals surface area (Å²) in [5, 5.41) is 15.7. The van der Waals surface area contributed by atoms with E-state index in [1.54, 1.807) is 25.2 Å². The summed E-state index contributed by atoms with van der Waals surface area (Å²) in [5.74, 6) is -0.194. The fourth-order valence-electron chi connectivity index (χ4n) is 2.11. The lowest BCUT2D eigenvalue weighted by Gasteiger charge is -2.17. The lowest BCUT2D eigenvalue weighted by Crippen LogP contribution is -2.30. The Balaban J connectivity index is 2.20. The number of rotatable bonds is 5. The highest BCUT2D eigenvalue weighted by Crippen LogP contribution is 2.22. The van der Waals surface area contributed by atoms with Crippen LogP contribution in [0.25, 0.3) is 0 Å². The summed E-state index contributed by atoms with van der Waals surface area (Å²) in [6.07, 6.45) is 0. The molecule has 0 aliphatic carbocycles. The fraction of sp³-hybridized carbons (Fsp3) is 0.188. The number of carbonyl (C=O) groups excluding carboxylic acids is 1. The number of halogens is 1. The van der Waals surface area contributed by atoms with Crippen LogP contribution in [0.5, 0.6) is 0 Å². The molecule has 0 bridgehead atoms. The van der Waals surface area contributed by atoms with Gasteiger partial charge >= 0.3 is 0 Å². The zero-order valence-electron chi connectivity index (χ0n) is 11.6. The molecular weight excluding hydrogens is 288 g/mol. The first-order chi connectivity index (χ1) is 10.2. The van der Waals surface area contributed by atoms with Gasteiger partial charge in [-0.2, -0.15) is 0 Å². The van der Waals surface area contributed by atoms with Crippen molar-refractivity contribution >= 4 is 23.2 Å². The van der Waals surface area contributed by atoms with E-state index < -0.39 is 6.04 Å². The van der Waals surface area contributed by atoms with Crippen LogP contribution in [-0.2, 0) is 11.4 Å². The second-order valence-electron chi connectivity index (χ2n) is 4.58. The Morgan fingerprint density at radius 1 is 1.24 bits per heavy atom. The molecule has 1 amide bonds. The number of nitrogens with one attached hydrogen (secondary N) is 2. The number of carbonyl (C=O) groups is 1. The first-order valence-corrected chi connectivity index (χ1v) is 6.96. The first kappa shape index (κ1) is 15.5. The van der Waals surface area contributed by atoms with Gasteiger partial charge in [-0.3, -0.25) is 4.79 Å². The third-order valence-corrected chi connectivity index (χ3v) is 3.41. The van der Waals surface area contributed by atoms with Gasteiger partial charge in [-0.15, -0.1) is 0 Å². The molecule has 3 N–H and O–H groups in total. The number of amides is 1. The third kappa shape index (κ3) is 3.82.